The van der Waals surface area contributed by atoms with Crippen molar-refractivity contribution in [1.29, 1.82) is 0 Å². The summed E-state index contributed by atoms with van der Waals surface area (Å²) in [5.74, 6) is -0.139. The van der Waals surface area contributed by atoms with E-state index in [1.165, 1.54) is 6.07 Å². The SMILES string of the molecule is O=C(N[C@@H]1CCCc2[nH]c(=O)ccc21)c1cc(Br)c[nH]1. The number of aryl methyl sites for hydroxylation is 1. The molecule has 0 radical (unpaired) electrons. The zero-order chi connectivity index (χ0) is 14.1. The van der Waals surface area contributed by atoms with Crippen LogP contribution in [0.5, 0.6) is 0 Å². The third kappa shape index (κ3) is 2.56. The van der Waals surface area contributed by atoms with Crippen LogP contribution in [0.3, 0.4) is 0 Å². The van der Waals surface area contributed by atoms with Crippen molar-refractivity contribution in [2.24, 2.45) is 0 Å². The third-order valence-electron chi connectivity index (χ3n) is 3.53. The molecule has 20 heavy (non-hydrogen) atoms. The summed E-state index contributed by atoms with van der Waals surface area (Å²) < 4.78 is 0.844. The molecule has 5 nitrogen and oxygen atoms in total. The molecule has 6 heteroatoms. The summed E-state index contributed by atoms with van der Waals surface area (Å²) in [5.41, 5.74) is 2.37. The van der Waals surface area contributed by atoms with Gasteiger partial charge in [0.2, 0.25) is 5.56 Å². The second kappa shape index (κ2) is 5.28. The Kier molecular flexibility index (Phi) is 3.48. The van der Waals surface area contributed by atoms with Crippen LogP contribution in [0.15, 0.2) is 33.7 Å². The zero-order valence-corrected chi connectivity index (χ0v) is 12.3. The second-order valence-corrected chi connectivity index (χ2v) is 5.82. The van der Waals surface area contributed by atoms with Gasteiger partial charge in [-0.25, -0.2) is 0 Å². The molecule has 0 saturated heterocycles. The molecule has 1 aliphatic carbocycles. The van der Waals surface area contributed by atoms with Crippen LogP contribution < -0.4 is 10.9 Å². The summed E-state index contributed by atoms with van der Waals surface area (Å²) in [5, 5.41) is 3.01. The minimum Gasteiger partial charge on any atom is -0.356 e. The highest BCUT2D eigenvalue weighted by atomic mass is 79.9. The molecule has 0 fully saturated rings. The van der Waals surface area contributed by atoms with Crippen LogP contribution in [0.25, 0.3) is 0 Å². The van der Waals surface area contributed by atoms with Crippen LogP contribution in [-0.2, 0) is 6.42 Å². The van der Waals surface area contributed by atoms with Gasteiger partial charge in [0.1, 0.15) is 5.69 Å². The molecule has 2 heterocycles. The van der Waals surface area contributed by atoms with Crippen LogP contribution in [-0.4, -0.2) is 15.9 Å². The van der Waals surface area contributed by atoms with E-state index in [9.17, 15) is 9.59 Å². The first-order valence-corrected chi connectivity index (χ1v) is 7.29. The van der Waals surface area contributed by atoms with Crippen molar-refractivity contribution in [2.75, 3.05) is 0 Å². The maximum Gasteiger partial charge on any atom is 0.268 e. The largest absolute Gasteiger partial charge is 0.356 e. The lowest BCUT2D eigenvalue weighted by Crippen LogP contribution is -2.32. The van der Waals surface area contributed by atoms with Crippen molar-refractivity contribution in [3.05, 3.63) is 56.2 Å². The molecule has 1 amide bonds. The van der Waals surface area contributed by atoms with Gasteiger partial charge in [0, 0.05) is 22.4 Å². The molecule has 3 N–H and O–H groups in total. The minimum absolute atomic E-state index is 0.0508. The monoisotopic (exact) mass is 335 g/mol. The lowest BCUT2D eigenvalue weighted by atomic mass is 9.91. The predicted octanol–water partition coefficient (Wildman–Crippen LogP) is 2.27. The van der Waals surface area contributed by atoms with Crippen LogP contribution in [0.2, 0.25) is 0 Å². The number of fused-ring (bicyclic) bond motifs is 1. The molecule has 0 aliphatic heterocycles. The molecule has 0 aromatic carbocycles. The van der Waals surface area contributed by atoms with Crippen LogP contribution in [0.4, 0.5) is 0 Å². The molecule has 0 spiro atoms. The Balaban J connectivity index is 1.83. The Labute approximate surface area is 123 Å². The minimum atomic E-state index is -0.139. The third-order valence-corrected chi connectivity index (χ3v) is 3.99. The lowest BCUT2D eigenvalue weighted by molar-refractivity contribution is 0.0928. The van der Waals surface area contributed by atoms with Crippen molar-refractivity contribution in [3.63, 3.8) is 0 Å². The van der Waals surface area contributed by atoms with Gasteiger partial charge in [-0.05, 0) is 52.9 Å². The maximum atomic E-state index is 12.2. The van der Waals surface area contributed by atoms with Gasteiger partial charge in [-0.15, -0.1) is 0 Å². The number of hydrogen-bond donors (Lipinski definition) is 3. The van der Waals surface area contributed by atoms with Gasteiger partial charge in [-0.1, -0.05) is 0 Å². The Morgan fingerprint density at radius 2 is 2.25 bits per heavy atom. The molecular formula is C14H14BrN3O2. The second-order valence-electron chi connectivity index (χ2n) is 4.91. The van der Waals surface area contributed by atoms with Gasteiger partial charge in [0.25, 0.3) is 5.91 Å². The molecule has 0 unspecified atom stereocenters. The number of H-pyrrole nitrogens is 2. The number of rotatable bonds is 2. The number of aromatic amines is 2. The van der Waals surface area contributed by atoms with Crippen molar-refractivity contribution in [3.8, 4) is 0 Å². The molecule has 0 bridgehead atoms. The van der Waals surface area contributed by atoms with Crippen molar-refractivity contribution < 1.29 is 4.79 Å². The number of nitrogens with one attached hydrogen (secondary N) is 3. The van der Waals surface area contributed by atoms with Gasteiger partial charge in [-0.2, -0.15) is 0 Å². The predicted molar refractivity (Wildman–Crippen MR) is 78.7 cm³/mol. The van der Waals surface area contributed by atoms with E-state index >= 15 is 0 Å². The first-order chi connectivity index (χ1) is 9.63. The average Bonchev–Trinajstić information content (AvgIpc) is 2.85. The van der Waals surface area contributed by atoms with E-state index in [4.69, 9.17) is 0 Å². The molecule has 2 aromatic heterocycles. The zero-order valence-electron chi connectivity index (χ0n) is 10.7. The summed E-state index contributed by atoms with van der Waals surface area (Å²) in [6, 6.07) is 5.01. The van der Waals surface area contributed by atoms with Crippen molar-refractivity contribution in [1.82, 2.24) is 15.3 Å². The van der Waals surface area contributed by atoms with E-state index in [-0.39, 0.29) is 17.5 Å². The summed E-state index contributed by atoms with van der Waals surface area (Å²) >= 11 is 3.31. The van der Waals surface area contributed by atoms with Crippen LogP contribution in [0, 0.1) is 0 Å². The molecule has 3 rings (SSSR count). The van der Waals surface area contributed by atoms with Gasteiger partial charge < -0.3 is 15.3 Å². The normalized spacial score (nSPS) is 17.6. The van der Waals surface area contributed by atoms with Gasteiger partial charge in [0.05, 0.1) is 6.04 Å². The van der Waals surface area contributed by atoms with E-state index in [1.807, 2.05) is 6.07 Å². The Bertz CT molecular complexity index is 704. The van der Waals surface area contributed by atoms with Crippen LogP contribution in [0.1, 0.15) is 40.6 Å². The summed E-state index contributed by atoms with van der Waals surface area (Å²) in [7, 11) is 0. The Hall–Kier alpha value is -1.82. The van der Waals surface area contributed by atoms with Crippen molar-refractivity contribution >= 4 is 21.8 Å². The van der Waals surface area contributed by atoms with Crippen molar-refractivity contribution in [2.45, 2.75) is 25.3 Å². The fourth-order valence-corrected chi connectivity index (χ4v) is 2.93. The van der Waals surface area contributed by atoms with E-state index in [2.05, 4.69) is 31.2 Å². The fourth-order valence-electron chi connectivity index (χ4n) is 2.59. The molecule has 1 atom stereocenters. The molecule has 104 valence electrons. The first-order valence-electron chi connectivity index (χ1n) is 6.50. The number of pyridine rings is 1. The smallest absolute Gasteiger partial charge is 0.268 e. The van der Waals surface area contributed by atoms with E-state index < -0.39 is 0 Å². The Morgan fingerprint density at radius 3 is 3.00 bits per heavy atom. The molecule has 2 aromatic rings. The number of carbonyl (C=O) groups excluding carboxylic acids is 1. The topological polar surface area (TPSA) is 77.8 Å². The molecule has 0 saturated carbocycles. The summed E-state index contributed by atoms with van der Waals surface area (Å²) in [6.45, 7) is 0. The first kappa shape index (κ1) is 13.2. The van der Waals surface area contributed by atoms with Gasteiger partial charge in [-0.3, -0.25) is 9.59 Å². The number of halogens is 1. The summed E-state index contributed by atoms with van der Waals surface area (Å²) in [4.78, 5) is 29.3. The van der Waals surface area contributed by atoms with E-state index in [1.54, 1.807) is 12.3 Å². The lowest BCUT2D eigenvalue weighted by Gasteiger charge is -2.25. The maximum absolute atomic E-state index is 12.2. The van der Waals surface area contributed by atoms with E-state index in [0.29, 0.717) is 5.69 Å². The van der Waals surface area contributed by atoms with Crippen LogP contribution >= 0.6 is 15.9 Å². The fraction of sp³-hybridized carbons (Fsp3) is 0.286. The quantitative estimate of drug-likeness (QED) is 0.787. The highest BCUT2D eigenvalue weighted by Crippen LogP contribution is 2.27. The average molecular weight is 336 g/mol. The van der Waals surface area contributed by atoms with Gasteiger partial charge >= 0.3 is 0 Å². The number of amides is 1. The highest BCUT2D eigenvalue weighted by molar-refractivity contribution is 9.10. The Morgan fingerprint density at radius 1 is 1.40 bits per heavy atom. The number of hydrogen-bond acceptors (Lipinski definition) is 2. The van der Waals surface area contributed by atoms with Gasteiger partial charge in [0.15, 0.2) is 0 Å². The summed E-state index contributed by atoms with van der Waals surface area (Å²) in [6.07, 6.45) is 4.41. The standard InChI is InChI=1S/C14H14BrN3O2/c15-8-6-12(16-7-8)14(20)18-11-3-1-2-10-9(11)4-5-13(19)17-10/h4-7,11,16H,1-3H2,(H,17,19)(H,18,20)/t11-/m1/s1. The highest BCUT2D eigenvalue weighted by Gasteiger charge is 2.23. The number of carbonyl (C=O) groups is 1. The number of aromatic nitrogens is 2. The van der Waals surface area contributed by atoms with E-state index in [0.717, 1.165) is 35.0 Å². The molecular weight excluding hydrogens is 322 g/mol. The molecule has 1 aliphatic rings.